The van der Waals surface area contributed by atoms with Crippen LogP contribution in [0.1, 0.15) is 23.7 Å². The van der Waals surface area contributed by atoms with E-state index in [1.54, 1.807) is 30.8 Å². The molecule has 1 amide bonds. The molecule has 2 heterocycles. The smallest absolute Gasteiger partial charge is 0.321 e. The zero-order valence-electron chi connectivity index (χ0n) is 13.7. The molecule has 1 saturated carbocycles. The predicted octanol–water partition coefficient (Wildman–Crippen LogP) is 3.91. The summed E-state index contributed by atoms with van der Waals surface area (Å²) in [5.74, 6) is 1.68. The summed E-state index contributed by atoms with van der Waals surface area (Å²) in [5, 5.41) is 2.99. The first-order valence-electron chi connectivity index (χ1n) is 8.10. The lowest BCUT2D eigenvalue weighted by molar-refractivity contribution is -0.117. The highest BCUT2D eigenvalue weighted by molar-refractivity contribution is 5.95. The number of aromatic nitrogens is 2. The van der Waals surface area contributed by atoms with Crippen molar-refractivity contribution in [1.82, 2.24) is 9.97 Å². The molecule has 0 bridgehead atoms. The van der Waals surface area contributed by atoms with Crippen LogP contribution in [0.4, 0.5) is 5.69 Å². The van der Waals surface area contributed by atoms with Gasteiger partial charge in [-0.15, -0.1) is 0 Å². The molecular weight excluding hydrogens is 318 g/mol. The summed E-state index contributed by atoms with van der Waals surface area (Å²) in [6, 6.07) is 11.3. The van der Waals surface area contributed by atoms with Gasteiger partial charge in [-0.3, -0.25) is 4.79 Å². The van der Waals surface area contributed by atoms with Crippen LogP contribution in [0.25, 0.3) is 0 Å². The Morgan fingerprint density at radius 1 is 1.24 bits per heavy atom. The summed E-state index contributed by atoms with van der Waals surface area (Å²) in [6.07, 6.45) is 5.70. The summed E-state index contributed by atoms with van der Waals surface area (Å²) in [7, 11) is 0. The fourth-order valence-corrected chi connectivity index (χ4v) is 2.81. The number of carbonyl (C=O) groups is 1. The highest BCUT2D eigenvalue weighted by Crippen LogP contribution is 2.48. The Bertz CT molecular complexity index is 878. The van der Waals surface area contributed by atoms with Crippen molar-refractivity contribution in [2.75, 3.05) is 5.32 Å². The number of nitrogens with zero attached hydrogens (tertiary/aromatic N) is 2. The lowest BCUT2D eigenvalue weighted by atomic mass is 10.1. The minimum absolute atomic E-state index is 0.0181. The highest BCUT2D eigenvalue weighted by Gasteiger charge is 2.45. The molecule has 3 aromatic rings. The van der Waals surface area contributed by atoms with E-state index in [1.165, 1.54) is 0 Å². The van der Waals surface area contributed by atoms with Gasteiger partial charge >= 0.3 is 6.01 Å². The first-order valence-corrected chi connectivity index (χ1v) is 8.10. The van der Waals surface area contributed by atoms with Crippen molar-refractivity contribution in [2.24, 2.45) is 5.92 Å². The number of hydrogen-bond donors (Lipinski definition) is 1. The van der Waals surface area contributed by atoms with Gasteiger partial charge < -0.3 is 14.5 Å². The second-order valence-corrected chi connectivity index (χ2v) is 6.06. The molecule has 4 rings (SSSR count). The Hall–Kier alpha value is -3.15. The van der Waals surface area contributed by atoms with Crippen LogP contribution in [0.2, 0.25) is 0 Å². The molecule has 2 unspecified atom stereocenters. The molecule has 6 nitrogen and oxygen atoms in total. The van der Waals surface area contributed by atoms with E-state index in [4.69, 9.17) is 9.15 Å². The molecule has 2 aromatic heterocycles. The fraction of sp³-hybridized carbons (Fsp3) is 0.211. The van der Waals surface area contributed by atoms with Crippen LogP contribution in [0.15, 0.2) is 59.5 Å². The summed E-state index contributed by atoms with van der Waals surface area (Å²) in [5.41, 5.74) is 1.69. The van der Waals surface area contributed by atoms with Gasteiger partial charge in [0.05, 0.1) is 6.26 Å². The van der Waals surface area contributed by atoms with Gasteiger partial charge in [0.2, 0.25) is 5.91 Å². The lowest BCUT2D eigenvalue weighted by Gasteiger charge is -2.10. The van der Waals surface area contributed by atoms with E-state index in [0.717, 1.165) is 23.4 Å². The van der Waals surface area contributed by atoms with Crippen LogP contribution in [0.5, 0.6) is 11.8 Å². The largest absolute Gasteiger partial charge is 0.469 e. The minimum Gasteiger partial charge on any atom is -0.469 e. The van der Waals surface area contributed by atoms with Crippen LogP contribution >= 0.6 is 0 Å². The first-order chi connectivity index (χ1) is 12.2. The zero-order valence-corrected chi connectivity index (χ0v) is 13.7. The average molecular weight is 335 g/mol. The lowest BCUT2D eigenvalue weighted by Crippen LogP contribution is -2.15. The number of benzene rings is 1. The van der Waals surface area contributed by atoms with Gasteiger partial charge in [0.25, 0.3) is 0 Å². The van der Waals surface area contributed by atoms with Crippen LogP contribution in [-0.2, 0) is 4.79 Å². The molecule has 6 heteroatoms. The van der Waals surface area contributed by atoms with Crippen LogP contribution in [0.3, 0.4) is 0 Å². The molecule has 2 atom stereocenters. The highest BCUT2D eigenvalue weighted by atomic mass is 16.5. The molecule has 0 saturated heterocycles. The van der Waals surface area contributed by atoms with Gasteiger partial charge in [-0.25, -0.2) is 9.97 Å². The summed E-state index contributed by atoms with van der Waals surface area (Å²) < 4.78 is 11.0. The molecule has 0 radical (unpaired) electrons. The number of rotatable bonds is 5. The van der Waals surface area contributed by atoms with Gasteiger partial charge in [-0.1, -0.05) is 0 Å². The third-order valence-corrected chi connectivity index (χ3v) is 4.24. The van der Waals surface area contributed by atoms with Crippen LogP contribution in [-0.4, -0.2) is 15.9 Å². The van der Waals surface area contributed by atoms with E-state index in [1.807, 2.05) is 31.2 Å². The van der Waals surface area contributed by atoms with E-state index < -0.39 is 0 Å². The third-order valence-electron chi connectivity index (χ3n) is 4.24. The number of ether oxygens (including phenoxy) is 1. The molecule has 1 aliphatic rings. The molecular formula is C19H17N3O3. The van der Waals surface area contributed by atoms with Crippen molar-refractivity contribution in [2.45, 2.75) is 19.3 Å². The normalized spacial score (nSPS) is 18.6. The van der Waals surface area contributed by atoms with E-state index in [0.29, 0.717) is 5.75 Å². The Balaban J connectivity index is 1.40. The quantitative estimate of drug-likeness (QED) is 0.765. The average Bonchev–Trinajstić information content (AvgIpc) is 3.24. The van der Waals surface area contributed by atoms with Crippen molar-refractivity contribution in [3.63, 3.8) is 0 Å². The molecule has 25 heavy (non-hydrogen) atoms. The van der Waals surface area contributed by atoms with Crippen molar-refractivity contribution < 1.29 is 13.9 Å². The molecule has 1 aliphatic carbocycles. The summed E-state index contributed by atoms with van der Waals surface area (Å²) >= 11 is 0. The van der Waals surface area contributed by atoms with Gasteiger partial charge in [0.1, 0.15) is 11.5 Å². The second-order valence-electron chi connectivity index (χ2n) is 6.06. The number of hydrogen-bond acceptors (Lipinski definition) is 5. The van der Waals surface area contributed by atoms with Crippen LogP contribution < -0.4 is 10.1 Å². The van der Waals surface area contributed by atoms with Crippen molar-refractivity contribution in [3.8, 4) is 11.8 Å². The number of carbonyl (C=O) groups excluding carboxylic acids is 1. The second kappa shape index (κ2) is 6.39. The Labute approximate surface area is 144 Å². The maximum Gasteiger partial charge on any atom is 0.321 e. The van der Waals surface area contributed by atoms with E-state index >= 15 is 0 Å². The summed E-state index contributed by atoms with van der Waals surface area (Å²) in [4.78, 5) is 20.5. The predicted molar refractivity (Wildman–Crippen MR) is 91.5 cm³/mol. The van der Waals surface area contributed by atoms with Crippen LogP contribution in [0, 0.1) is 12.8 Å². The standard InChI is InChI=1S/C19H17N3O3/c1-12-10-13(25-19-20-7-3-8-21-19)5-6-16(12)22-18(23)15-11-14(15)17-4-2-9-24-17/h2-10,14-15H,11H2,1H3,(H,22,23). The van der Waals surface area contributed by atoms with E-state index in [9.17, 15) is 4.79 Å². The van der Waals surface area contributed by atoms with Crippen molar-refractivity contribution in [1.29, 1.82) is 0 Å². The first kappa shape index (κ1) is 15.4. The topological polar surface area (TPSA) is 77.3 Å². The number of amides is 1. The molecule has 1 aromatic carbocycles. The zero-order chi connectivity index (χ0) is 17.2. The van der Waals surface area contributed by atoms with E-state index in [-0.39, 0.29) is 23.8 Å². The number of anilines is 1. The Kier molecular flexibility index (Phi) is 3.93. The van der Waals surface area contributed by atoms with Gasteiger partial charge in [-0.05, 0) is 55.3 Å². The summed E-state index contributed by atoms with van der Waals surface area (Å²) in [6.45, 7) is 1.92. The van der Waals surface area contributed by atoms with Crippen molar-refractivity contribution >= 4 is 11.6 Å². The molecule has 126 valence electrons. The minimum atomic E-state index is -0.0285. The maximum atomic E-state index is 12.4. The van der Waals surface area contributed by atoms with E-state index in [2.05, 4.69) is 15.3 Å². The maximum absolute atomic E-state index is 12.4. The molecule has 0 spiro atoms. The molecule has 1 fully saturated rings. The van der Waals surface area contributed by atoms with Gasteiger partial charge in [-0.2, -0.15) is 0 Å². The van der Waals surface area contributed by atoms with Crippen molar-refractivity contribution in [3.05, 3.63) is 66.4 Å². The van der Waals surface area contributed by atoms with Gasteiger partial charge in [0.15, 0.2) is 0 Å². The monoisotopic (exact) mass is 335 g/mol. The number of aryl methyl sites for hydroxylation is 1. The number of nitrogens with one attached hydrogen (secondary N) is 1. The molecule has 1 N–H and O–H groups in total. The number of furan rings is 1. The Morgan fingerprint density at radius 3 is 2.80 bits per heavy atom. The third kappa shape index (κ3) is 3.38. The Morgan fingerprint density at radius 2 is 2.08 bits per heavy atom. The SMILES string of the molecule is Cc1cc(Oc2ncccn2)ccc1NC(=O)C1CC1c1ccco1. The fourth-order valence-electron chi connectivity index (χ4n) is 2.81. The van der Waals surface area contributed by atoms with Gasteiger partial charge in [0, 0.05) is 29.9 Å². The molecule has 0 aliphatic heterocycles.